The molecule has 1 aromatic rings. The van der Waals surface area contributed by atoms with E-state index in [0.29, 0.717) is 17.9 Å². The van der Waals surface area contributed by atoms with Gasteiger partial charge < -0.3 is 39.0 Å². The van der Waals surface area contributed by atoms with E-state index in [1.807, 2.05) is 58.0 Å². The Balaban J connectivity index is 2.05. The predicted molar refractivity (Wildman–Crippen MR) is 174 cm³/mol. The van der Waals surface area contributed by atoms with Crippen LogP contribution in [0.1, 0.15) is 65.9 Å². The second kappa shape index (κ2) is 16.9. The highest BCUT2D eigenvalue weighted by Gasteiger charge is 2.80. The highest BCUT2D eigenvalue weighted by molar-refractivity contribution is 5.93. The van der Waals surface area contributed by atoms with Crippen LogP contribution >= 0.6 is 0 Å². The SMILES string of the molecule is C=C(CC[C@]12O[C@H](C(=O)O)[C@H](C(=O)O)[C@](C(=O)O)(O1)[C@H](OC(=O)/C=C/C(C)CC(C)CC)[C@H]2OC=O)C(OC(C)=O)C(C)Cc1ccccc1. The molecule has 2 saturated heterocycles. The predicted octanol–water partition coefficient (Wildman–Crippen LogP) is 3.95. The molecule has 2 fully saturated rings. The van der Waals surface area contributed by atoms with Gasteiger partial charge in [-0.1, -0.05) is 77.1 Å². The van der Waals surface area contributed by atoms with E-state index in [4.69, 9.17) is 23.7 Å². The first-order valence-corrected chi connectivity index (χ1v) is 16.5. The van der Waals surface area contributed by atoms with Gasteiger partial charge in [0.2, 0.25) is 11.4 Å². The molecule has 4 unspecified atom stereocenters. The summed E-state index contributed by atoms with van der Waals surface area (Å²) < 4.78 is 28.1. The molecule has 0 amide bonds. The summed E-state index contributed by atoms with van der Waals surface area (Å²) in [4.78, 5) is 75.3. The first kappa shape index (κ1) is 39.9. The molecule has 3 N–H and O–H groups in total. The summed E-state index contributed by atoms with van der Waals surface area (Å²) in [5.74, 6) is -12.5. The van der Waals surface area contributed by atoms with Crippen molar-refractivity contribution in [1.29, 1.82) is 0 Å². The molecule has 0 aromatic heterocycles. The van der Waals surface area contributed by atoms with E-state index in [-0.39, 0.29) is 24.7 Å². The van der Waals surface area contributed by atoms with Crippen LogP contribution in [0.25, 0.3) is 0 Å². The van der Waals surface area contributed by atoms with Gasteiger partial charge in [0.1, 0.15) is 12.0 Å². The number of carboxylic acid groups (broad SMARTS) is 3. The maximum Gasteiger partial charge on any atom is 0.341 e. The van der Waals surface area contributed by atoms with E-state index < -0.39 is 78.0 Å². The monoisotopic (exact) mass is 702 g/mol. The molecule has 2 aliphatic heterocycles. The molecular weight excluding hydrogens is 656 g/mol. The Hall–Kier alpha value is -4.56. The second-order valence-corrected chi connectivity index (χ2v) is 13.2. The van der Waals surface area contributed by atoms with E-state index in [2.05, 4.69) is 6.58 Å². The van der Waals surface area contributed by atoms with Crippen molar-refractivity contribution in [3.63, 3.8) is 0 Å². The van der Waals surface area contributed by atoms with Gasteiger partial charge in [-0.25, -0.2) is 14.4 Å². The molecule has 10 atom stereocenters. The number of ether oxygens (including phenoxy) is 5. The first-order chi connectivity index (χ1) is 23.5. The highest BCUT2D eigenvalue weighted by Crippen LogP contribution is 2.55. The number of benzene rings is 1. The zero-order valence-electron chi connectivity index (χ0n) is 28.8. The van der Waals surface area contributed by atoms with Crippen molar-refractivity contribution < 1.29 is 67.8 Å². The van der Waals surface area contributed by atoms with Crippen LogP contribution in [0.4, 0.5) is 0 Å². The maximum absolute atomic E-state index is 13.2. The molecule has 1 aromatic carbocycles. The fourth-order valence-corrected chi connectivity index (χ4v) is 6.78. The van der Waals surface area contributed by atoms with Crippen LogP contribution < -0.4 is 0 Å². The summed E-state index contributed by atoms with van der Waals surface area (Å²) in [7, 11) is 0. The fourth-order valence-electron chi connectivity index (χ4n) is 6.78. The number of fused-ring (bicyclic) bond motifs is 2. The Morgan fingerprint density at radius 1 is 1.02 bits per heavy atom. The van der Waals surface area contributed by atoms with Crippen molar-refractivity contribution in [2.45, 2.75) is 103 Å². The molecule has 2 bridgehead atoms. The minimum Gasteiger partial charge on any atom is -0.481 e. The minimum atomic E-state index is -3.08. The van der Waals surface area contributed by atoms with Gasteiger partial charge in [-0.05, 0) is 42.2 Å². The van der Waals surface area contributed by atoms with Gasteiger partial charge in [-0.15, -0.1) is 0 Å². The van der Waals surface area contributed by atoms with E-state index >= 15 is 0 Å². The third-order valence-electron chi connectivity index (χ3n) is 9.29. The Morgan fingerprint density at radius 2 is 1.68 bits per heavy atom. The molecule has 0 saturated carbocycles. The van der Waals surface area contributed by atoms with Gasteiger partial charge in [0.25, 0.3) is 6.47 Å². The lowest BCUT2D eigenvalue weighted by atomic mass is 9.78. The Kier molecular flexibility index (Phi) is 13.5. The average Bonchev–Trinajstić information content (AvgIpc) is 3.25. The zero-order valence-corrected chi connectivity index (χ0v) is 28.8. The average molecular weight is 703 g/mol. The Labute approximate surface area is 290 Å². The molecule has 14 nitrogen and oxygen atoms in total. The van der Waals surface area contributed by atoms with E-state index in [0.717, 1.165) is 24.5 Å². The summed E-state index contributed by atoms with van der Waals surface area (Å²) in [5, 5.41) is 30.8. The van der Waals surface area contributed by atoms with Crippen LogP contribution in [0.2, 0.25) is 0 Å². The molecule has 3 rings (SSSR count). The minimum absolute atomic E-state index is 0.0923. The number of carbonyl (C=O) groups is 6. The summed E-state index contributed by atoms with van der Waals surface area (Å²) in [6, 6.07) is 9.35. The molecular formula is C36H46O14. The van der Waals surface area contributed by atoms with E-state index in [1.54, 1.807) is 0 Å². The number of hydrogen-bond donors (Lipinski definition) is 3. The number of esters is 2. The Bertz CT molecular complexity index is 1460. The molecule has 14 heteroatoms. The van der Waals surface area contributed by atoms with Gasteiger partial charge in [-0.3, -0.25) is 14.4 Å². The number of hydrogen-bond acceptors (Lipinski definition) is 11. The Morgan fingerprint density at radius 3 is 2.22 bits per heavy atom. The summed E-state index contributed by atoms with van der Waals surface area (Å²) in [5.41, 5.74) is -1.84. The smallest absolute Gasteiger partial charge is 0.341 e. The summed E-state index contributed by atoms with van der Waals surface area (Å²) in [6.07, 6.45) is -3.33. The molecule has 0 aliphatic carbocycles. The molecule has 0 radical (unpaired) electrons. The number of carboxylic acids is 3. The fraction of sp³-hybridized carbons (Fsp3) is 0.556. The van der Waals surface area contributed by atoms with Crippen molar-refractivity contribution >= 4 is 36.3 Å². The third kappa shape index (κ3) is 8.77. The van der Waals surface area contributed by atoms with Gasteiger partial charge in [0.15, 0.2) is 18.3 Å². The normalized spacial score (nSPS) is 28.1. The first-order valence-electron chi connectivity index (χ1n) is 16.5. The summed E-state index contributed by atoms with van der Waals surface area (Å²) >= 11 is 0. The quantitative estimate of drug-likeness (QED) is 0.0613. The lowest BCUT2D eigenvalue weighted by Gasteiger charge is -2.44. The maximum atomic E-state index is 13.2. The lowest BCUT2D eigenvalue weighted by Crippen LogP contribution is -2.66. The van der Waals surface area contributed by atoms with Crippen LogP contribution in [0.15, 0.2) is 54.6 Å². The number of allylic oxidation sites excluding steroid dienone is 1. The highest BCUT2D eigenvalue weighted by atomic mass is 16.8. The lowest BCUT2D eigenvalue weighted by molar-refractivity contribution is -0.341. The topological polar surface area (TPSA) is 209 Å². The van der Waals surface area contributed by atoms with Crippen molar-refractivity contribution in [2.24, 2.45) is 23.7 Å². The molecule has 0 spiro atoms. The van der Waals surface area contributed by atoms with Crippen LogP contribution in [0.3, 0.4) is 0 Å². The van der Waals surface area contributed by atoms with Crippen LogP contribution in [-0.4, -0.2) is 87.4 Å². The molecule has 50 heavy (non-hydrogen) atoms. The van der Waals surface area contributed by atoms with Crippen molar-refractivity contribution in [2.75, 3.05) is 0 Å². The van der Waals surface area contributed by atoms with Gasteiger partial charge in [0.05, 0.1) is 0 Å². The van der Waals surface area contributed by atoms with Crippen LogP contribution in [-0.2, 0) is 58.9 Å². The molecule has 2 aliphatic rings. The van der Waals surface area contributed by atoms with Crippen LogP contribution in [0.5, 0.6) is 0 Å². The van der Waals surface area contributed by atoms with Crippen LogP contribution in [0, 0.1) is 23.7 Å². The summed E-state index contributed by atoms with van der Waals surface area (Å²) in [6.45, 7) is 12.9. The molecule has 2 heterocycles. The van der Waals surface area contributed by atoms with Gasteiger partial charge in [-0.2, -0.15) is 0 Å². The number of carbonyl (C=O) groups excluding carboxylic acids is 3. The number of aliphatic carboxylic acids is 3. The third-order valence-corrected chi connectivity index (χ3v) is 9.29. The second-order valence-electron chi connectivity index (χ2n) is 13.2. The van der Waals surface area contributed by atoms with E-state index in [1.165, 1.54) is 13.0 Å². The standard InChI is InChI=1S/C36H46O14/c1-7-20(2)17-21(3)13-14-26(39)48-31-30(46-19-37)35(49-29(33(42)43)27(32(40)41)36(31,50-35)34(44)45)16-15-22(4)28(47-24(6)38)23(5)18-25-11-9-8-10-12-25/h8-14,19-21,23,27-31H,4,7,15-18H2,1-3,5-6H3,(H,40,41)(H,42,43)(H,44,45)/b14-13+/t20?,21?,23?,27-,28?,29+,30-,31-,35+,36+/m1/s1. The van der Waals surface area contributed by atoms with Crippen molar-refractivity contribution in [3.8, 4) is 0 Å². The van der Waals surface area contributed by atoms with Crippen molar-refractivity contribution in [1.82, 2.24) is 0 Å². The zero-order chi connectivity index (χ0) is 37.4. The largest absolute Gasteiger partial charge is 0.481 e. The van der Waals surface area contributed by atoms with E-state index in [9.17, 15) is 44.1 Å². The molecule has 274 valence electrons. The van der Waals surface area contributed by atoms with Gasteiger partial charge in [0, 0.05) is 25.3 Å². The van der Waals surface area contributed by atoms with Crippen molar-refractivity contribution in [3.05, 3.63) is 60.2 Å². The van der Waals surface area contributed by atoms with Gasteiger partial charge >= 0.3 is 29.8 Å². The number of rotatable bonds is 19.